The number of thiocarbonyl (C=S) groups is 1. The zero-order chi connectivity index (χ0) is 22.7. The van der Waals surface area contributed by atoms with E-state index in [1.807, 2.05) is 0 Å². The second-order valence-corrected chi connectivity index (χ2v) is 15.3. The molecule has 2 rings (SSSR count). The van der Waals surface area contributed by atoms with Gasteiger partial charge in [0.15, 0.2) is 5.05 Å². The molecular weight excluding hydrogens is 473 g/mol. The van der Waals surface area contributed by atoms with Gasteiger partial charge in [-0.3, -0.25) is 0 Å². The first-order chi connectivity index (χ1) is 14.8. The highest BCUT2D eigenvalue weighted by Gasteiger charge is 2.46. The fourth-order valence-corrected chi connectivity index (χ4v) is 9.57. The molecule has 1 unspecified atom stereocenters. The molecule has 0 amide bonds. The van der Waals surface area contributed by atoms with Gasteiger partial charge in [-0.25, -0.2) is 0 Å². The zero-order valence-corrected chi connectivity index (χ0v) is 23.1. The van der Waals surface area contributed by atoms with Gasteiger partial charge in [0, 0.05) is 76.4 Å². The number of rotatable bonds is 13. The topological polar surface area (TPSA) is 64.6 Å². The Labute approximate surface area is 200 Å². The second kappa shape index (κ2) is 14.0. The number of hydrogen-bond acceptors (Lipinski definition) is 9. The molecule has 0 N–H and O–H groups in total. The molecule has 0 aromatic carbocycles. The van der Waals surface area contributed by atoms with Crippen LogP contribution >= 0.6 is 24.8 Å². The van der Waals surface area contributed by atoms with Crippen LogP contribution in [0.4, 0.5) is 0 Å². The van der Waals surface area contributed by atoms with Crippen LogP contribution < -0.4 is 0 Å². The molecule has 2 fully saturated rings. The summed E-state index contributed by atoms with van der Waals surface area (Å²) in [7, 11) is -5.34. The van der Waals surface area contributed by atoms with Gasteiger partial charge in [-0.15, -0.1) is 0 Å². The molecule has 0 aromatic heterocycles. The molecule has 11 heteroatoms. The quantitative estimate of drug-likeness (QED) is 0.172. The standard InChI is InChI=1S/C20H40O7S2Si2/c1-17-11-22-30(23-12-17,9-5-7-21-20(4)29)24-13-18(2)14-25-31(10-6-8-28)26-15-19(3)16-27-31/h17-19,28H,5-16H2,1-4H3. The van der Waals surface area contributed by atoms with Gasteiger partial charge in [0.2, 0.25) is 0 Å². The second-order valence-electron chi connectivity index (χ2n) is 8.82. The first-order valence-corrected chi connectivity index (χ1v) is 16.3. The summed E-state index contributed by atoms with van der Waals surface area (Å²) in [5.41, 5.74) is 0. The predicted molar refractivity (Wildman–Crippen MR) is 132 cm³/mol. The highest BCUT2D eigenvalue weighted by Crippen LogP contribution is 2.27. The van der Waals surface area contributed by atoms with Crippen LogP contribution in [0.1, 0.15) is 40.5 Å². The van der Waals surface area contributed by atoms with Crippen LogP contribution in [0.5, 0.6) is 0 Å². The summed E-state index contributed by atoms with van der Waals surface area (Å²) < 4.78 is 42.5. The van der Waals surface area contributed by atoms with E-state index in [4.69, 9.17) is 43.5 Å². The van der Waals surface area contributed by atoms with Gasteiger partial charge in [-0.2, -0.15) is 12.6 Å². The van der Waals surface area contributed by atoms with Gasteiger partial charge in [-0.05, 0) is 30.8 Å². The molecule has 0 spiro atoms. The van der Waals surface area contributed by atoms with Crippen LogP contribution in [0, 0.1) is 17.8 Å². The van der Waals surface area contributed by atoms with Crippen LogP contribution in [0.3, 0.4) is 0 Å². The van der Waals surface area contributed by atoms with E-state index in [0.717, 1.165) is 30.7 Å². The van der Waals surface area contributed by atoms with Crippen LogP contribution in [-0.4, -0.2) is 74.7 Å². The average Bonchev–Trinajstić information content (AvgIpc) is 2.76. The van der Waals surface area contributed by atoms with E-state index in [9.17, 15) is 0 Å². The maximum atomic E-state index is 6.31. The van der Waals surface area contributed by atoms with Crippen molar-refractivity contribution in [1.29, 1.82) is 0 Å². The lowest BCUT2D eigenvalue weighted by Crippen LogP contribution is -2.53. The monoisotopic (exact) mass is 512 g/mol. The van der Waals surface area contributed by atoms with Crippen LogP contribution in [0.25, 0.3) is 0 Å². The molecule has 0 aromatic rings. The molecule has 2 aliphatic heterocycles. The normalized spacial score (nSPS) is 32.5. The number of hydrogen-bond donors (Lipinski definition) is 1. The maximum absolute atomic E-state index is 6.31. The van der Waals surface area contributed by atoms with Crippen molar-refractivity contribution in [2.24, 2.45) is 17.8 Å². The van der Waals surface area contributed by atoms with Gasteiger partial charge in [0.25, 0.3) is 0 Å². The number of thiol groups is 1. The van der Waals surface area contributed by atoms with E-state index in [0.29, 0.717) is 63.1 Å². The Bertz CT molecular complexity index is 522. The average molecular weight is 513 g/mol. The highest BCUT2D eigenvalue weighted by atomic mass is 32.1. The predicted octanol–water partition coefficient (Wildman–Crippen LogP) is 3.97. The van der Waals surface area contributed by atoms with Crippen molar-refractivity contribution in [3.63, 3.8) is 0 Å². The van der Waals surface area contributed by atoms with E-state index >= 15 is 0 Å². The highest BCUT2D eigenvalue weighted by molar-refractivity contribution is 7.80. The Kier molecular flexibility index (Phi) is 12.5. The summed E-state index contributed by atoms with van der Waals surface area (Å²) in [6, 6.07) is 1.53. The van der Waals surface area contributed by atoms with E-state index < -0.39 is 17.6 Å². The zero-order valence-electron chi connectivity index (χ0n) is 19.4. The van der Waals surface area contributed by atoms with Gasteiger partial charge < -0.3 is 31.3 Å². The summed E-state index contributed by atoms with van der Waals surface area (Å²) in [5, 5.41) is 0.555. The fourth-order valence-electron chi connectivity index (χ4n) is 3.24. The third-order valence-corrected chi connectivity index (χ3v) is 11.1. The van der Waals surface area contributed by atoms with Gasteiger partial charge in [-0.1, -0.05) is 20.8 Å². The first-order valence-electron chi connectivity index (χ1n) is 11.4. The Balaban J connectivity index is 1.83. The molecule has 1 atom stereocenters. The maximum Gasteiger partial charge on any atom is 0.501 e. The summed E-state index contributed by atoms with van der Waals surface area (Å²) in [5.74, 6) is 1.75. The molecule has 2 heterocycles. The van der Waals surface area contributed by atoms with E-state index in [-0.39, 0.29) is 5.92 Å². The molecule has 7 nitrogen and oxygen atoms in total. The first kappa shape index (κ1) is 27.7. The van der Waals surface area contributed by atoms with Crippen molar-refractivity contribution in [2.75, 3.05) is 52.0 Å². The number of ether oxygens (including phenoxy) is 1. The van der Waals surface area contributed by atoms with Crippen molar-refractivity contribution in [3.05, 3.63) is 0 Å². The van der Waals surface area contributed by atoms with Crippen LogP contribution in [0.2, 0.25) is 12.1 Å². The minimum atomic E-state index is -2.72. The molecule has 182 valence electrons. The van der Waals surface area contributed by atoms with E-state index in [1.165, 1.54) is 0 Å². The summed E-state index contributed by atoms with van der Waals surface area (Å²) in [6.45, 7) is 12.5. The van der Waals surface area contributed by atoms with Gasteiger partial charge >= 0.3 is 17.6 Å². The van der Waals surface area contributed by atoms with E-state index in [2.05, 4.69) is 33.4 Å². The molecule has 2 aliphatic rings. The van der Waals surface area contributed by atoms with Crippen molar-refractivity contribution in [3.8, 4) is 0 Å². The van der Waals surface area contributed by atoms with Crippen molar-refractivity contribution in [2.45, 2.75) is 52.6 Å². The molecular formula is C20H40O7S2Si2. The van der Waals surface area contributed by atoms with Gasteiger partial charge in [0.05, 0.1) is 6.61 Å². The molecule has 0 aliphatic carbocycles. The SMILES string of the molecule is CC(=S)OCCC[Si]1(OCC(C)CO[Si]2(CCCS)OCC(C)CO2)OCC(C)CO1. The Morgan fingerprint density at radius 3 is 1.81 bits per heavy atom. The summed E-state index contributed by atoms with van der Waals surface area (Å²) >= 11 is 9.31. The molecule has 2 saturated heterocycles. The van der Waals surface area contributed by atoms with Gasteiger partial charge in [0.1, 0.15) is 0 Å². The fraction of sp³-hybridized carbons (Fsp3) is 0.950. The lowest BCUT2D eigenvalue weighted by molar-refractivity contribution is -0.0270. The molecule has 31 heavy (non-hydrogen) atoms. The molecule has 0 radical (unpaired) electrons. The van der Waals surface area contributed by atoms with Crippen molar-refractivity contribution < 1.29 is 31.3 Å². The molecule has 0 saturated carbocycles. The summed E-state index contributed by atoms with van der Waals surface area (Å²) in [4.78, 5) is 0. The van der Waals surface area contributed by atoms with Crippen LogP contribution in [-0.2, 0) is 31.3 Å². The Morgan fingerprint density at radius 1 is 0.935 bits per heavy atom. The van der Waals surface area contributed by atoms with Crippen molar-refractivity contribution in [1.82, 2.24) is 0 Å². The van der Waals surface area contributed by atoms with Crippen LogP contribution in [0.15, 0.2) is 0 Å². The third-order valence-electron chi connectivity index (χ3n) is 5.10. The smallest absolute Gasteiger partial charge is 0.487 e. The Morgan fingerprint density at radius 2 is 1.39 bits per heavy atom. The summed E-state index contributed by atoms with van der Waals surface area (Å²) in [6.07, 6.45) is 1.72. The third kappa shape index (κ3) is 10.1. The lowest BCUT2D eigenvalue weighted by Gasteiger charge is -2.38. The lowest BCUT2D eigenvalue weighted by atomic mass is 10.2. The van der Waals surface area contributed by atoms with Crippen molar-refractivity contribution >= 4 is 47.5 Å². The molecule has 0 bridgehead atoms. The minimum absolute atomic E-state index is 0.169. The van der Waals surface area contributed by atoms with E-state index in [1.54, 1.807) is 6.92 Å². The Hall–Kier alpha value is 0.434. The minimum Gasteiger partial charge on any atom is -0.487 e. The largest absolute Gasteiger partial charge is 0.501 e.